The van der Waals surface area contributed by atoms with Gasteiger partial charge in [-0.05, 0) is 42.5 Å². The minimum absolute atomic E-state index is 0.00227. The summed E-state index contributed by atoms with van der Waals surface area (Å²) in [6.45, 7) is 1.22. The molecule has 0 bridgehead atoms. The van der Waals surface area contributed by atoms with Crippen LogP contribution in [0.5, 0.6) is 0 Å². The smallest absolute Gasteiger partial charge is 0.253 e. The number of aryl methyl sites for hydroxylation is 2. The Morgan fingerprint density at radius 1 is 1.32 bits per heavy atom. The molecule has 1 saturated heterocycles. The Bertz CT molecular complexity index is 501. The monoisotopic (exact) mass is 260 g/mol. The first-order valence-corrected chi connectivity index (χ1v) is 6.94. The number of hydrogen-bond acceptors (Lipinski definition) is 3. The summed E-state index contributed by atoms with van der Waals surface area (Å²) in [7, 11) is 1.77. The van der Waals surface area contributed by atoms with Gasteiger partial charge < -0.3 is 15.3 Å². The van der Waals surface area contributed by atoms with Gasteiger partial charge in [-0.25, -0.2) is 0 Å². The third kappa shape index (κ3) is 2.26. The molecule has 1 fully saturated rings. The minimum Gasteiger partial charge on any atom is -0.390 e. The quantitative estimate of drug-likeness (QED) is 0.818. The van der Waals surface area contributed by atoms with E-state index in [1.807, 2.05) is 12.1 Å². The van der Waals surface area contributed by atoms with E-state index in [0.29, 0.717) is 13.1 Å². The molecule has 1 aliphatic heterocycles. The van der Waals surface area contributed by atoms with Gasteiger partial charge in [-0.1, -0.05) is 6.07 Å². The Kier molecular flexibility index (Phi) is 3.29. The predicted molar refractivity (Wildman–Crippen MR) is 73.2 cm³/mol. The second-order valence-corrected chi connectivity index (χ2v) is 5.55. The van der Waals surface area contributed by atoms with E-state index in [4.69, 9.17) is 0 Å². The first kappa shape index (κ1) is 12.6. The Morgan fingerprint density at radius 3 is 2.84 bits per heavy atom. The fourth-order valence-corrected chi connectivity index (χ4v) is 3.11. The number of β-amino-alcohol motifs (C(OH)–C–C–N with tert-alkyl or cyclic N) is 1. The molecular formula is C15H20N2O2. The van der Waals surface area contributed by atoms with Gasteiger partial charge in [0.15, 0.2) is 0 Å². The predicted octanol–water partition coefficient (Wildman–Crippen LogP) is 0.580. The highest BCUT2D eigenvalue weighted by atomic mass is 16.3. The van der Waals surface area contributed by atoms with Crippen LogP contribution in [0.25, 0.3) is 0 Å². The maximum atomic E-state index is 12.5. The number of likely N-dealkylation sites (N-methyl/N-ethyl adjacent to an activating group) is 1. The highest BCUT2D eigenvalue weighted by molar-refractivity contribution is 5.94. The summed E-state index contributed by atoms with van der Waals surface area (Å²) in [4.78, 5) is 14.1. The normalized spacial score (nSPS) is 25.4. The van der Waals surface area contributed by atoms with Crippen molar-refractivity contribution in [1.29, 1.82) is 0 Å². The third-order valence-electron chi connectivity index (χ3n) is 4.31. The van der Waals surface area contributed by atoms with Gasteiger partial charge in [-0.2, -0.15) is 0 Å². The fourth-order valence-electron chi connectivity index (χ4n) is 3.11. The van der Waals surface area contributed by atoms with E-state index < -0.39 is 6.10 Å². The number of benzene rings is 1. The maximum absolute atomic E-state index is 12.5. The molecule has 2 N–H and O–H groups in total. The van der Waals surface area contributed by atoms with Crippen molar-refractivity contribution in [3.63, 3.8) is 0 Å². The molecule has 1 aromatic rings. The number of aliphatic hydroxyl groups is 1. The molecule has 0 unspecified atom stereocenters. The lowest BCUT2D eigenvalue weighted by molar-refractivity contribution is 0.0581. The molecule has 0 spiro atoms. The zero-order valence-corrected chi connectivity index (χ0v) is 11.2. The van der Waals surface area contributed by atoms with E-state index in [9.17, 15) is 9.90 Å². The second-order valence-electron chi connectivity index (χ2n) is 5.55. The average molecular weight is 260 g/mol. The fraction of sp³-hybridized carbons (Fsp3) is 0.533. The van der Waals surface area contributed by atoms with Crippen molar-refractivity contribution < 1.29 is 9.90 Å². The van der Waals surface area contributed by atoms with Crippen molar-refractivity contribution in [2.45, 2.75) is 31.4 Å². The van der Waals surface area contributed by atoms with E-state index in [0.717, 1.165) is 18.4 Å². The Balaban J connectivity index is 1.79. The van der Waals surface area contributed by atoms with Crippen LogP contribution in [-0.4, -0.2) is 48.2 Å². The lowest BCUT2D eigenvalue weighted by atomic mass is 10.0. The summed E-state index contributed by atoms with van der Waals surface area (Å²) >= 11 is 0. The molecule has 0 saturated carbocycles. The molecular weight excluding hydrogens is 240 g/mol. The zero-order chi connectivity index (χ0) is 13.4. The van der Waals surface area contributed by atoms with Crippen molar-refractivity contribution in [3.8, 4) is 0 Å². The SMILES string of the molecule is CN(C(=O)c1ccc2c(c1)CCC2)[C@H]1CNC[C@@H]1O. The number of rotatable bonds is 2. The second kappa shape index (κ2) is 4.94. The van der Waals surface area contributed by atoms with E-state index in [1.54, 1.807) is 11.9 Å². The van der Waals surface area contributed by atoms with E-state index in [1.165, 1.54) is 17.5 Å². The number of amides is 1. The molecule has 102 valence electrons. The third-order valence-corrected chi connectivity index (χ3v) is 4.31. The van der Waals surface area contributed by atoms with Gasteiger partial charge in [0, 0.05) is 25.7 Å². The Labute approximate surface area is 113 Å². The molecule has 19 heavy (non-hydrogen) atoms. The molecule has 2 atom stereocenters. The first-order chi connectivity index (χ1) is 9.16. The van der Waals surface area contributed by atoms with Crippen LogP contribution >= 0.6 is 0 Å². The Hall–Kier alpha value is -1.39. The first-order valence-electron chi connectivity index (χ1n) is 6.94. The van der Waals surface area contributed by atoms with Crippen LogP contribution in [0.1, 0.15) is 27.9 Å². The van der Waals surface area contributed by atoms with Crippen molar-refractivity contribution in [3.05, 3.63) is 34.9 Å². The van der Waals surface area contributed by atoms with Crippen LogP contribution in [0.3, 0.4) is 0 Å². The highest BCUT2D eigenvalue weighted by Gasteiger charge is 2.31. The Morgan fingerprint density at radius 2 is 2.11 bits per heavy atom. The minimum atomic E-state index is -0.469. The van der Waals surface area contributed by atoms with Gasteiger partial charge in [0.05, 0.1) is 12.1 Å². The van der Waals surface area contributed by atoms with Crippen LogP contribution in [-0.2, 0) is 12.8 Å². The van der Waals surface area contributed by atoms with Gasteiger partial charge in [0.2, 0.25) is 0 Å². The van der Waals surface area contributed by atoms with Crippen molar-refractivity contribution >= 4 is 5.91 Å². The van der Waals surface area contributed by atoms with Gasteiger partial charge in [0.1, 0.15) is 0 Å². The summed E-state index contributed by atoms with van der Waals surface area (Å²) in [5, 5.41) is 13.0. The summed E-state index contributed by atoms with van der Waals surface area (Å²) in [5.41, 5.74) is 3.42. The molecule has 0 radical (unpaired) electrons. The van der Waals surface area contributed by atoms with E-state index in [2.05, 4.69) is 11.4 Å². The molecule has 1 aliphatic carbocycles. The molecule has 1 heterocycles. The highest BCUT2D eigenvalue weighted by Crippen LogP contribution is 2.23. The molecule has 4 nitrogen and oxygen atoms in total. The van der Waals surface area contributed by atoms with Crippen LogP contribution in [0.15, 0.2) is 18.2 Å². The molecule has 1 amide bonds. The van der Waals surface area contributed by atoms with Crippen molar-refractivity contribution in [1.82, 2.24) is 10.2 Å². The van der Waals surface area contributed by atoms with Gasteiger partial charge >= 0.3 is 0 Å². The van der Waals surface area contributed by atoms with E-state index >= 15 is 0 Å². The van der Waals surface area contributed by atoms with Gasteiger partial charge in [-0.15, -0.1) is 0 Å². The number of nitrogens with one attached hydrogen (secondary N) is 1. The van der Waals surface area contributed by atoms with Gasteiger partial charge in [0.25, 0.3) is 5.91 Å². The van der Waals surface area contributed by atoms with Crippen LogP contribution in [0.4, 0.5) is 0 Å². The van der Waals surface area contributed by atoms with Crippen molar-refractivity contribution in [2.75, 3.05) is 20.1 Å². The number of carbonyl (C=O) groups excluding carboxylic acids is 1. The lowest BCUT2D eigenvalue weighted by Gasteiger charge is -2.26. The van der Waals surface area contributed by atoms with E-state index in [-0.39, 0.29) is 11.9 Å². The molecule has 2 aliphatic rings. The largest absolute Gasteiger partial charge is 0.390 e. The molecule has 3 rings (SSSR count). The summed E-state index contributed by atoms with van der Waals surface area (Å²) in [6.07, 6.45) is 2.93. The molecule has 1 aromatic carbocycles. The van der Waals surface area contributed by atoms with Gasteiger partial charge in [-0.3, -0.25) is 4.79 Å². The number of nitrogens with zero attached hydrogens (tertiary/aromatic N) is 1. The molecule has 0 aromatic heterocycles. The standard InChI is InChI=1S/C15H20N2O2/c1-17(13-8-16-9-14(13)18)15(19)12-6-5-10-3-2-4-11(10)7-12/h5-7,13-14,16,18H,2-4,8-9H2,1H3/t13-,14-/m0/s1. The number of carbonyl (C=O) groups is 1. The topological polar surface area (TPSA) is 52.6 Å². The number of hydrogen-bond donors (Lipinski definition) is 2. The summed E-state index contributed by atoms with van der Waals surface area (Å²) < 4.78 is 0. The number of fused-ring (bicyclic) bond motifs is 1. The van der Waals surface area contributed by atoms with Crippen LogP contribution in [0.2, 0.25) is 0 Å². The summed E-state index contributed by atoms with van der Waals surface area (Å²) in [6, 6.07) is 5.89. The van der Waals surface area contributed by atoms with Crippen LogP contribution in [0, 0.1) is 0 Å². The summed E-state index contributed by atoms with van der Waals surface area (Å²) in [5.74, 6) is 0.00227. The average Bonchev–Trinajstić information content (AvgIpc) is 3.04. The lowest BCUT2D eigenvalue weighted by Crippen LogP contribution is -2.44. The van der Waals surface area contributed by atoms with Crippen molar-refractivity contribution in [2.24, 2.45) is 0 Å². The molecule has 4 heteroatoms. The number of aliphatic hydroxyl groups excluding tert-OH is 1. The maximum Gasteiger partial charge on any atom is 0.253 e. The van der Waals surface area contributed by atoms with Crippen LogP contribution < -0.4 is 5.32 Å². The zero-order valence-electron chi connectivity index (χ0n) is 11.2.